The van der Waals surface area contributed by atoms with Crippen LogP contribution in [-0.4, -0.2) is 80.6 Å². The Kier molecular flexibility index (Phi) is 33.9. The van der Waals surface area contributed by atoms with Gasteiger partial charge in [0.1, 0.15) is 6.61 Å². The summed E-state index contributed by atoms with van der Waals surface area (Å²) in [5.41, 5.74) is 0. The van der Waals surface area contributed by atoms with Crippen molar-refractivity contribution in [1.29, 1.82) is 0 Å². The number of aliphatic carboxylic acids is 1. The number of carbonyl (C=O) groups excluding carboxylic acids is 2. The van der Waals surface area contributed by atoms with E-state index >= 15 is 0 Å². The van der Waals surface area contributed by atoms with Crippen molar-refractivity contribution in [1.82, 2.24) is 0 Å². The third kappa shape index (κ3) is 33.4. The van der Waals surface area contributed by atoms with Crippen molar-refractivity contribution in [3.05, 3.63) is 36.5 Å². The molecule has 2 atom stereocenters. The van der Waals surface area contributed by atoms with E-state index in [0.29, 0.717) is 19.3 Å². The summed E-state index contributed by atoms with van der Waals surface area (Å²) in [4.78, 5) is 36.9. The standard InChI is InChI=1S/C44H79NO7/c1-6-8-10-12-14-16-18-20-22-24-26-28-30-32-34-42(46)51-39-40(38-50-37-36-41(44(48)49)45(3,4)5)52-43(47)35-33-31-29-27-25-23-21-19-17-15-13-11-9-7-2/h9,11,15,17,21,23,40-41H,6-8,10,12-14,16,18-20,22,24-39H2,1-5H3/p+1/b11-9+,17-15+,23-21+. The second-order valence-electron chi connectivity index (χ2n) is 15.2. The number of esters is 2. The SMILES string of the molecule is CC/C=C/C/C=C/C/C=C/CCCCCCC(=O)OC(COCCC(C(=O)O)[N+](C)(C)C)COC(=O)CCCCCCCCCCCCCCCC. The zero-order chi connectivity index (χ0) is 38.5. The molecule has 8 heteroatoms. The number of allylic oxidation sites excluding steroid dienone is 6. The number of quaternary nitrogens is 1. The molecule has 0 amide bonds. The first-order chi connectivity index (χ1) is 25.1. The number of hydrogen-bond donors (Lipinski definition) is 1. The van der Waals surface area contributed by atoms with Gasteiger partial charge >= 0.3 is 17.9 Å². The van der Waals surface area contributed by atoms with E-state index in [-0.39, 0.29) is 36.2 Å². The van der Waals surface area contributed by atoms with Crippen LogP contribution in [0.15, 0.2) is 36.5 Å². The molecule has 0 saturated heterocycles. The lowest BCUT2D eigenvalue weighted by Gasteiger charge is -2.31. The van der Waals surface area contributed by atoms with E-state index in [9.17, 15) is 19.5 Å². The van der Waals surface area contributed by atoms with Gasteiger partial charge in [0.05, 0.1) is 34.4 Å². The lowest BCUT2D eigenvalue weighted by Crippen LogP contribution is -2.50. The van der Waals surface area contributed by atoms with Gasteiger partial charge in [-0.3, -0.25) is 9.59 Å². The van der Waals surface area contributed by atoms with Crippen molar-refractivity contribution in [2.75, 3.05) is 41.0 Å². The molecule has 0 aliphatic heterocycles. The van der Waals surface area contributed by atoms with E-state index in [1.807, 2.05) is 21.1 Å². The Balaban J connectivity index is 4.40. The molecule has 0 aliphatic carbocycles. The quantitative estimate of drug-likeness (QED) is 0.0293. The molecule has 0 bridgehead atoms. The summed E-state index contributed by atoms with van der Waals surface area (Å²) in [6.45, 7) is 4.60. The molecule has 0 spiro atoms. The zero-order valence-electron chi connectivity index (χ0n) is 34.3. The predicted octanol–water partition coefficient (Wildman–Crippen LogP) is 11.1. The number of carboxylic acids is 1. The summed E-state index contributed by atoms with van der Waals surface area (Å²) < 4.78 is 17.2. The van der Waals surface area contributed by atoms with Crippen LogP contribution in [0.1, 0.15) is 174 Å². The molecule has 0 aliphatic rings. The third-order valence-electron chi connectivity index (χ3n) is 9.30. The Morgan fingerprint density at radius 3 is 1.60 bits per heavy atom. The predicted molar refractivity (Wildman–Crippen MR) is 215 cm³/mol. The van der Waals surface area contributed by atoms with E-state index in [1.165, 1.54) is 70.6 Å². The number of nitrogens with zero attached hydrogens (tertiary/aromatic N) is 1. The average Bonchev–Trinajstić information content (AvgIpc) is 3.09. The van der Waals surface area contributed by atoms with Crippen molar-refractivity contribution >= 4 is 17.9 Å². The zero-order valence-corrected chi connectivity index (χ0v) is 34.3. The van der Waals surface area contributed by atoms with Gasteiger partial charge in [0, 0.05) is 19.3 Å². The molecule has 0 radical (unpaired) electrons. The van der Waals surface area contributed by atoms with Crippen LogP contribution in [-0.2, 0) is 28.6 Å². The van der Waals surface area contributed by atoms with E-state index < -0.39 is 18.1 Å². The van der Waals surface area contributed by atoms with Crippen molar-refractivity contribution in [3.8, 4) is 0 Å². The van der Waals surface area contributed by atoms with Gasteiger partial charge in [-0.15, -0.1) is 0 Å². The summed E-state index contributed by atoms with van der Waals surface area (Å²) in [6, 6.07) is -0.616. The van der Waals surface area contributed by atoms with E-state index in [2.05, 4.69) is 50.3 Å². The van der Waals surface area contributed by atoms with E-state index in [0.717, 1.165) is 70.6 Å². The highest BCUT2D eigenvalue weighted by molar-refractivity contribution is 5.72. The van der Waals surface area contributed by atoms with Crippen LogP contribution >= 0.6 is 0 Å². The first kappa shape index (κ1) is 49.6. The van der Waals surface area contributed by atoms with Crippen LogP contribution < -0.4 is 0 Å². The van der Waals surface area contributed by atoms with Crippen LogP contribution in [0, 0.1) is 0 Å². The number of unbranched alkanes of at least 4 members (excludes halogenated alkanes) is 17. The van der Waals surface area contributed by atoms with Gasteiger partial charge < -0.3 is 23.8 Å². The summed E-state index contributed by atoms with van der Waals surface area (Å²) >= 11 is 0. The molecule has 302 valence electrons. The lowest BCUT2D eigenvalue weighted by atomic mass is 10.0. The van der Waals surface area contributed by atoms with Crippen molar-refractivity contribution in [3.63, 3.8) is 0 Å². The number of ether oxygens (including phenoxy) is 3. The van der Waals surface area contributed by atoms with Crippen LogP contribution in [0.5, 0.6) is 0 Å². The Bertz CT molecular complexity index is 953. The topological polar surface area (TPSA) is 99.1 Å². The average molecular weight is 735 g/mol. The summed E-state index contributed by atoms with van der Waals surface area (Å²) in [5.74, 6) is -1.49. The Morgan fingerprint density at radius 1 is 0.596 bits per heavy atom. The highest BCUT2D eigenvalue weighted by Crippen LogP contribution is 2.15. The van der Waals surface area contributed by atoms with Gasteiger partial charge in [-0.2, -0.15) is 0 Å². The molecule has 0 aromatic rings. The Labute approximate surface area is 319 Å². The number of carbonyl (C=O) groups is 3. The third-order valence-corrected chi connectivity index (χ3v) is 9.30. The summed E-state index contributed by atoms with van der Waals surface area (Å²) in [5, 5.41) is 9.60. The molecule has 0 rings (SSSR count). The highest BCUT2D eigenvalue weighted by Gasteiger charge is 2.31. The number of rotatable bonds is 37. The van der Waals surface area contributed by atoms with Crippen LogP contribution in [0.3, 0.4) is 0 Å². The van der Waals surface area contributed by atoms with Gasteiger partial charge in [0.15, 0.2) is 12.1 Å². The minimum Gasteiger partial charge on any atom is -0.477 e. The molecule has 0 aromatic carbocycles. The summed E-state index contributed by atoms with van der Waals surface area (Å²) in [7, 11) is 5.51. The first-order valence-electron chi connectivity index (χ1n) is 21.0. The molecule has 2 unspecified atom stereocenters. The van der Waals surface area contributed by atoms with Gasteiger partial charge in [-0.1, -0.05) is 147 Å². The van der Waals surface area contributed by atoms with Crippen molar-refractivity contribution in [2.45, 2.75) is 187 Å². The van der Waals surface area contributed by atoms with E-state index in [4.69, 9.17) is 14.2 Å². The Hall–Kier alpha value is -2.45. The molecule has 8 nitrogen and oxygen atoms in total. The van der Waals surface area contributed by atoms with Crippen LogP contribution in [0.25, 0.3) is 0 Å². The molecule has 0 heterocycles. The van der Waals surface area contributed by atoms with Gasteiger partial charge in [0.2, 0.25) is 0 Å². The fraction of sp³-hybridized carbons (Fsp3) is 0.795. The molecule has 52 heavy (non-hydrogen) atoms. The normalized spacial score (nSPS) is 13.3. The Morgan fingerprint density at radius 2 is 1.08 bits per heavy atom. The second-order valence-corrected chi connectivity index (χ2v) is 15.2. The van der Waals surface area contributed by atoms with Crippen LogP contribution in [0.4, 0.5) is 0 Å². The monoisotopic (exact) mass is 735 g/mol. The second kappa shape index (κ2) is 35.6. The molecular formula is C44H80NO7+. The molecular weight excluding hydrogens is 654 g/mol. The molecule has 0 aromatic heterocycles. The fourth-order valence-electron chi connectivity index (χ4n) is 6.05. The number of hydrogen-bond acceptors (Lipinski definition) is 6. The van der Waals surface area contributed by atoms with Gasteiger partial charge in [0.25, 0.3) is 0 Å². The largest absolute Gasteiger partial charge is 0.477 e. The highest BCUT2D eigenvalue weighted by atomic mass is 16.6. The van der Waals surface area contributed by atoms with Crippen LogP contribution in [0.2, 0.25) is 0 Å². The van der Waals surface area contributed by atoms with Crippen molar-refractivity contribution in [2.24, 2.45) is 0 Å². The molecule has 1 N–H and O–H groups in total. The maximum atomic E-state index is 12.7. The fourth-order valence-corrected chi connectivity index (χ4v) is 6.05. The van der Waals surface area contributed by atoms with E-state index in [1.54, 1.807) is 0 Å². The first-order valence-corrected chi connectivity index (χ1v) is 21.0. The smallest absolute Gasteiger partial charge is 0.362 e. The number of carboxylic acid groups (broad SMARTS) is 1. The number of likely N-dealkylation sites (N-methyl/N-ethyl adjacent to an activating group) is 1. The minimum atomic E-state index is -0.879. The molecule has 0 fully saturated rings. The van der Waals surface area contributed by atoms with Gasteiger partial charge in [-0.05, 0) is 44.9 Å². The maximum Gasteiger partial charge on any atom is 0.362 e. The van der Waals surface area contributed by atoms with Crippen molar-refractivity contribution < 1.29 is 38.2 Å². The van der Waals surface area contributed by atoms with Gasteiger partial charge in [-0.25, -0.2) is 4.79 Å². The maximum absolute atomic E-state index is 12.7. The minimum absolute atomic E-state index is 0.0539. The molecule has 0 saturated carbocycles. The lowest BCUT2D eigenvalue weighted by molar-refractivity contribution is -0.887. The summed E-state index contributed by atoms with van der Waals surface area (Å²) in [6.07, 6.45) is 39.0.